The van der Waals surface area contributed by atoms with Crippen molar-refractivity contribution in [2.45, 2.75) is 45.3 Å². The van der Waals surface area contributed by atoms with Gasteiger partial charge in [0, 0.05) is 12.2 Å². The number of ether oxygens (including phenoxy) is 2. The van der Waals surface area contributed by atoms with Gasteiger partial charge in [-0.05, 0) is 61.6 Å². The standard InChI is InChI=1S/C22H27NO3/c1-3-17-6-8-18(9-7-17)16(2)23-22(24)19-10-12-20(13-11-19)26-15-21-5-4-14-25-21/h6-13,16,21H,3-5,14-15H2,1-2H3,(H,23,24). The van der Waals surface area contributed by atoms with Gasteiger partial charge in [-0.1, -0.05) is 31.2 Å². The molecule has 2 aromatic rings. The summed E-state index contributed by atoms with van der Waals surface area (Å²) >= 11 is 0. The Balaban J connectivity index is 1.53. The second-order valence-corrected chi connectivity index (χ2v) is 6.76. The summed E-state index contributed by atoms with van der Waals surface area (Å²) in [6.07, 6.45) is 3.37. The van der Waals surface area contributed by atoms with Crippen molar-refractivity contribution >= 4 is 5.91 Å². The van der Waals surface area contributed by atoms with E-state index in [0.29, 0.717) is 12.2 Å². The molecule has 0 saturated carbocycles. The first-order valence-electron chi connectivity index (χ1n) is 9.40. The summed E-state index contributed by atoms with van der Waals surface area (Å²) in [4.78, 5) is 12.5. The van der Waals surface area contributed by atoms with E-state index in [1.165, 1.54) is 5.56 Å². The van der Waals surface area contributed by atoms with E-state index in [-0.39, 0.29) is 18.1 Å². The molecule has 4 nitrogen and oxygen atoms in total. The van der Waals surface area contributed by atoms with Gasteiger partial charge in [0.25, 0.3) is 5.91 Å². The van der Waals surface area contributed by atoms with Crippen LogP contribution in [0.25, 0.3) is 0 Å². The largest absolute Gasteiger partial charge is 0.491 e. The molecular weight excluding hydrogens is 326 g/mol. The van der Waals surface area contributed by atoms with Gasteiger partial charge < -0.3 is 14.8 Å². The molecule has 1 aliphatic heterocycles. The molecule has 2 unspecified atom stereocenters. The molecule has 2 aromatic carbocycles. The van der Waals surface area contributed by atoms with Crippen molar-refractivity contribution in [1.29, 1.82) is 0 Å². The average molecular weight is 353 g/mol. The first kappa shape index (κ1) is 18.5. The summed E-state index contributed by atoms with van der Waals surface area (Å²) in [5.41, 5.74) is 3.03. The van der Waals surface area contributed by atoms with Gasteiger partial charge in [0.1, 0.15) is 12.4 Å². The number of benzene rings is 2. The molecule has 1 heterocycles. The molecule has 0 aromatic heterocycles. The maximum atomic E-state index is 12.5. The first-order chi connectivity index (χ1) is 12.7. The van der Waals surface area contributed by atoms with Crippen molar-refractivity contribution in [3.8, 4) is 5.75 Å². The minimum absolute atomic E-state index is 0.0381. The molecule has 1 N–H and O–H groups in total. The van der Waals surface area contributed by atoms with E-state index >= 15 is 0 Å². The van der Waals surface area contributed by atoms with E-state index in [0.717, 1.165) is 37.2 Å². The van der Waals surface area contributed by atoms with Gasteiger partial charge in [-0.2, -0.15) is 0 Å². The number of carbonyl (C=O) groups excluding carboxylic acids is 1. The zero-order valence-corrected chi connectivity index (χ0v) is 15.5. The summed E-state index contributed by atoms with van der Waals surface area (Å²) in [7, 11) is 0. The average Bonchev–Trinajstić information content (AvgIpc) is 3.20. The smallest absolute Gasteiger partial charge is 0.251 e. The van der Waals surface area contributed by atoms with Crippen LogP contribution in [-0.2, 0) is 11.2 Å². The first-order valence-corrected chi connectivity index (χ1v) is 9.40. The van der Waals surface area contributed by atoms with Gasteiger partial charge in [0.15, 0.2) is 0 Å². The third kappa shape index (κ3) is 4.85. The van der Waals surface area contributed by atoms with Gasteiger partial charge in [0.2, 0.25) is 0 Å². The minimum atomic E-state index is -0.0808. The molecule has 0 spiro atoms. The van der Waals surface area contributed by atoms with Crippen LogP contribution in [0, 0.1) is 0 Å². The fourth-order valence-electron chi connectivity index (χ4n) is 3.07. The molecule has 1 saturated heterocycles. The van der Waals surface area contributed by atoms with Crippen LogP contribution in [0.5, 0.6) is 5.75 Å². The van der Waals surface area contributed by atoms with Gasteiger partial charge >= 0.3 is 0 Å². The van der Waals surface area contributed by atoms with E-state index in [4.69, 9.17) is 9.47 Å². The Hall–Kier alpha value is -2.33. The summed E-state index contributed by atoms with van der Waals surface area (Å²) in [5, 5.41) is 3.05. The van der Waals surface area contributed by atoms with Crippen LogP contribution < -0.4 is 10.1 Å². The van der Waals surface area contributed by atoms with Crippen molar-refractivity contribution in [2.75, 3.05) is 13.2 Å². The van der Waals surface area contributed by atoms with Crippen molar-refractivity contribution in [3.05, 3.63) is 65.2 Å². The molecule has 1 aliphatic rings. The van der Waals surface area contributed by atoms with Gasteiger partial charge in [-0.15, -0.1) is 0 Å². The number of amides is 1. The molecule has 4 heteroatoms. The summed E-state index contributed by atoms with van der Waals surface area (Å²) in [6, 6.07) is 15.6. The fraction of sp³-hybridized carbons (Fsp3) is 0.409. The van der Waals surface area contributed by atoms with Crippen LogP contribution >= 0.6 is 0 Å². The second kappa shape index (κ2) is 8.86. The summed E-state index contributed by atoms with van der Waals surface area (Å²) in [6.45, 7) is 5.52. The predicted octanol–water partition coefficient (Wildman–Crippen LogP) is 4.30. The molecule has 3 rings (SSSR count). The molecule has 1 amide bonds. The Morgan fingerprint density at radius 2 is 1.92 bits per heavy atom. The molecule has 2 atom stereocenters. The lowest BCUT2D eigenvalue weighted by Crippen LogP contribution is -2.26. The van der Waals surface area contributed by atoms with Crippen molar-refractivity contribution < 1.29 is 14.3 Å². The second-order valence-electron chi connectivity index (χ2n) is 6.76. The van der Waals surface area contributed by atoms with E-state index in [2.05, 4.69) is 36.5 Å². The Kier molecular flexibility index (Phi) is 6.29. The monoisotopic (exact) mass is 353 g/mol. The van der Waals surface area contributed by atoms with Crippen molar-refractivity contribution in [2.24, 2.45) is 0 Å². The molecule has 26 heavy (non-hydrogen) atoms. The Morgan fingerprint density at radius 1 is 1.19 bits per heavy atom. The SMILES string of the molecule is CCc1ccc(C(C)NC(=O)c2ccc(OCC3CCCO3)cc2)cc1. The van der Waals surface area contributed by atoms with E-state index < -0.39 is 0 Å². The lowest BCUT2D eigenvalue weighted by molar-refractivity contribution is 0.0679. The van der Waals surface area contributed by atoms with E-state index in [9.17, 15) is 4.79 Å². The molecule has 0 bridgehead atoms. The summed E-state index contributed by atoms with van der Waals surface area (Å²) < 4.78 is 11.3. The highest BCUT2D eigenvalue weighted by Crippen LogP contribution is 2.18. The number of nitrogens with one attached hydrogen (secondary N) is 1. The highest BCUT2D eigenvalue weighted by molar-refractivity contribution is 5.94. The van der Waals surface area contributed by atoms with Crippen molar-refractivity contribution in [1.82, 2.24) is 5.32 Å². The highest BCUT2D eigenvalue weighted by Gasteiger charge is 2.16. The Bertz CT molecular complexity index is 703. The zero-order chi connectivity index (χ0) is 18.4. The van der Waals surface area contributed by atoms with Crippen LogP contribution in [-0.4, -0.2) is 25.2 Å². The number of hydrogen-bond acceptors (Lipinski definition) is 3. The van der Waals surface area contributed by atoms with Crippen LogP contribution in [0.4, 0.5) is 0 Å². The predicted molar refractivity (Wildman–Crippen MR) is 103 cm³/mol. The van der Waals surface area contributed by atoms with Gasteiger partial charge in [-0.25, -0.2) is 0 Å². The lowest BCUT2D eigenvalue weighted by atomic mass is 10.0. The normalized spacial score (nSPS) is 17.7. The van der Waals surface area contributed by atoms with Gasteiger partial charge in [0.05, 0.1) is 12.1 Å². The maximum absolute atomic E-state index is 12.5. The summed E-state index contributed by atoms with van der Waals surface area (Å²) in [5.74, 6) is 0.683. The fourth-order valence-corrected chi connectivity index (χ4v) is 3.07. The highest BCUT2D eigenvalue weighted by atomic mass is 16.5. The topological polar surface area (TPSA) is 47.6 Å². The quantitative estimate of drug-likeness (QED) is 0.807. The van der Waals surface area contributed by atoms with Crippen LogP contribution in [0.1, 0.15) is 54.2 Å². The number of hydrogen-bond donors (Lipinski definition) is 1. The molecule has 1 fully saturated rings. The number of rotatable bonds is 7. The Morgan fingerprint density at radius 3 is 2.54 bits per heavy atom. The van der Waals surface area contributed by atoms with E-state index in [1.807, 2.05) is 19.1 Å². The van der Waals surface area contributed by atoms with Gasteiger partial charge in [-0.3, -0.25) is 4.79 Å². The molecule has 0 radical (unpaired) electrons. The van der Waals surface area contributed by atoms with E-state index in [1.54, 1.807) is 12.1 Å². The lowest BCUT2D eigenvalue weighted by Gasteiger charge is -2.15. The molecule has 138 valence electrons. The number of aryl methyl sites for hydroxylation is 1. The number of carbonyl (C=O) groups is 1. The third-order valence-corrected chi connectivity index (χ3v) is 4.81. The zero-order valence-electron chi connectivity index (χ0n) is 15.5. The molecular formula is C22H27NO3. The minimum Gasteiger partial charge on any atom is -0.491 e. The Labute approximate surface area is 155 Å². The van der Waals surface area contributed by atoms with Crippen LogP contribution in [0.15, 0.2) is 48.5 Å². The third-order valence-electron chi connectivity index (χ3n) is 4.81. The maximum Gasteiger partial charge on any atom is 0.251 e. The molecule has 0 aliphatic carbocycles. The van der Waals surface area contributed by atoms with Crippen molar-refractivity contribution in [3.63, 3.8) is 0 Å². The van der Waals surface area contributed by atoms with Crippen LogP contribution in [0.2, 0.25) is 0 Å². The van der Waals surface area contributed by atoms with Crippen LogP contribution in [0.3, 0.4) is 0 Å².